The van der Waals surface area contributed by atoms with Crippen molar-refractivity contribution in [2.45, 2.75) is 13.0 Å². The Bertz CT molecular complexity index is 576. The van der Waals surface area contributed by atoms with E-state index in [1.807, 2.05) is 0 Å². The van der Waals surface area contributed by atoms with Gasteiger partial charge in [-0.2, -0.15) is 0 Å². The van der Waals surface area contributed by atoms with Gasteiger partial charge in [0.15, 0.2) is 0 Å². The van der Waals surface area contributed by atoms with E-state index in [0.29, 0.717) is 5.56 Å². The molecule has 1 aliphatic rings. The maximum absolute atomic E-state index is 12.0. The summed E-state index contributed by atoms with van der Waals surface area (Å²) in [7, 11) is 1.41. The number of thiophene rings is 1. The van der Waals surface area contributed by atoms with E-state index in [1.165, 1.54) is 12.0 Å². The van der Waals surface area contributed by atoms with Crippen LogP contribution in [-0.4, -0.2) is 34.4 Å². The number of fused-ring (bicyclic) bond motifs is 1. The van der Waals surface area contributed by atoms with Gasteiger partial charge in [0.25, 0.3) is 0 Å². The Kier molecular flexibility index (Phi) is 2.85. The summed E-state index contributed by atoms with van der Waals surface area (Å²) in [6.07, 6.45) is 4.03. The van der Waals surface area contributed by atoms with E-state index in [1.54, 1.807) is 28.6 Å². The number of aromatic nitrogens is 3. The molecule has 3 rings (SSSR count). The van der Waals surface area contributed by atoms with Crippen LogP contribution in [0.25, 0.3) is 5.00 Å². The molecule has 94 valence electrons. The largest absolute Gasteiger partial charge is 0.465 e. The topological polar surface area (TPSA) is 69.0 Å². The zero-order valence-corrected chi connectivity index (χ0v) is 10.7. The second-order valence-electron chi connectivity index (χ2n) is 3.97. The van der Waals surface area contributed by atoms with Gasteiger partial charge in [-0.15, -0.1) is 21.5 Å². The van der Waals surface area contributed by atoms with Crippen molar-refractivity contribution in [3.8, 4) is 5.00 Å². The molecule has 6 nitrogen and oxygen atoms in total. The summed E-state index contributed by atoms with van der Waals surface area (Å²) in [4.78, 5) is 13.2. The lowest BCUT2D eigenvalue weighted by atomic mass is 10.0. The molecular weight excluding hydrogens is 252 g/mol. The molecule has 0 fully saturated rings. The van der Waals surface area contributed by atoms with Crippen LogP contribution in [0.2, 0.25) is 0 Å². The minimum absolute atomic E-state index is 0.293. The van der Waals surface area contributed by atoms with Gasteiger partial charge in [-0.05, 0) is 18.5 Å². The number of rotatable bonds is 2. The third kappa shape index (κ3) is 1.72. The van der Waals surface area contributed by atoms with Gasteiger partial charge in [-0.3, -0.25) is 4.57 Å². The van der Waals surface area contributed by atoms with Gasteiger partial charge in [-0.25, -0.2) is 4.79 Å². The first-order valence-electron chi connectivity index (χ1n) is 5.60. The minimum atomic E-state index is -0.293. The lowest BCUT2D eigenvalue weighted by molar-refractivity contribution is 0.0600. The van der Waals surface area contributed by atoms with Gasteiger partial charge < -0.3 is 10.1 Å². The molecule has 0 bridgehead atoms. The SMILES string of the molecule is COC(=O)c1c(-n2cnnc2)sc2c1CCNC2. The number of nitrogens with zero attached hydrogens (tertiary/aromatic N) is 3. The average Bonchev–Trinajstić information content (AvgIpc) is 3.04. The minimum Gasteiger partial charge on any atom is -0.465 e. The van der Waals surface area contributed by atoms with E-state index >= 15 is 0 Å². The van der Waals surface area contributed by atoms with Crippen molar-refractivity contribution in [2.75, 3.05) is 13.7 Å². The Hall–Kier alpha value is -1.73. The Morgan fingerprint density at radius 1 is 1.50 bits per heavy atom. The molecule has 0 amide bonds. The molecule has 2 aromatic rings. The predicted octanol–water partition coefficient (Wildman–Crippen LogP) is 0.761. The van der Waals surface area contributed by atoms with Crippen LogP contribution in [-0.2, 0) is 17.7 Å². The molecule has 0 unspecified atom stereocenters. The Labute approximate surface area is 108 Å². The Morgan fingerprint density at radius 3 is 3.00 bits per heavy atom. The van der Waals surface area contributed by atoms with Crippen LogP contribution in [0, 0.1) is 0 Å². The first kappa shape index (κ1) is 11.4. The molecule has 1 aliphatic heterocycles. The summed E-state index contributed by atoms with van der Waals surface area (Å²) in [6, 6.07) is 0. The second kappa shape index (κ2) is 4.51. The first-order valence-corrected chi connectivity index (χ1v) is 6.41. The van der Waals surface area contributed by atoms with Crippen LogP contribution < -0.4 is 5.32 Å². The molecule has 0 spiro atoms. The van der Waals surface area contributed by atoms with Crippen LogP contribution in [0.1, 0.15) is 20.8 Å². The van der Waals surface area contributed by atoms with Gasteiger partial charge in [0.1, 0.15) is 17.7 Å². The number of carbonyl (C=O) groups is 1. The highest BCUT2D eigenvalue weighted by atomic mass is 32.1. The van der Waals surface area contributed by atoms with E-state index in [9.17, 15) is 4.79 Å². The zero-order valence-electron chi connectivity index (χ0n) is 9.84. The smallest absolute Gasteiger partial charge is 0.341 e. The third-order valence-corrected chi connectivity index (χ3v) is 4.20. The highest BCUT2D eigenvalue weighted by molar-refractivity contribution is 7.15. The number of nitrogens with one attached hydrogen (secondary N) is 1. The van der Waals surface area contributed by atoms with Crippen molar-refractivity contribution < 1.29 is 9.53 Å². The first-order chi connectivity index (χ1) is 8.81. The van der Waals surface area contributed by atoms with Gasteiger partial charge >= 0.3 is 5.97 Å². The molecule has 0 saturated heterocycles. The van der Waals surface area contributed by atoms with E-state index in [0.717, 1.165) is 30.1 Å². The number of carbonyl (C=O) groups excluding carboxylic acids is 1. The quantitative estimate of drug-likeness (QED) is 0.811. The van der Waals surface area contributed by atoms with Gasteiger partial charge in [0, 0.05) is 11.4 Å². The fourth-order valence-corrected chi connectivity index (χ4v) is 3.36. The van der Waals surface area contributed by atoms with Crippen LogP contribution in [0.4, 0.5) is 0 Å². The normalized spacial score (nSPS) is 14.3. The highest BCUT2D eigenvalue weighted by Gasteiger charge is 2.26. The molecule has 3 heterocycles. The monoisotopic (exact) mass is 264 g/mol. The van der Waals surface area contributed by atoms with Crippen LogP contribution >= 0.6 is 11.3 Å². The molecule has 0 atom stereocenters. The van der Waals surface area contributed by atoms with Gasteiger partial charge in [0.05, 0.1) is 12.7 Å². The van der Waals surface area contributed by atoms with Crippen molar-refractivity contribution in [3.63, 3.8) is 0 Å². The molecular formula is C11H12N4O2S. The summed E-state index contributed by atoms with van der Waals surface area (Å²) < 4.78 is 6.65. The fraction of sp³-hybridized carbons (Fsp3) is 0.364. The molecule has 18 heavy (non-hydrogen) atoms. The number of ether oxygens (including phenoxy) is 1. The van der Waals surface area contributed by atoms with Gasteiger partial charge in [-0.1, -0.05) is 0 Å². The Morgan fingerprint density at radius 2 is 2.28 bits per heavy atom. The molecule has 2 aromatic heterocycles. The Balaban J connectivity index is 2.18. The van der Waals surface area contributed by atoms with Crippen molar-refractivity contribution >= 4 is 17.3 Å². The summed E-state index contributed by atoms with van der Waals surface area (Å²) in [5.74, 6) is -0.293. The average molecular weight is 264 g/mol. The standard InChI is InChI=1S/C11H12N4O2S/c1-17-11(16)9-7-2-3-12-4-8(7)18-10(9)15-5-13-14-6-15/h5-6,12H,2-4H2,1H3. The van der Waals surface area contributed by atoms with Crippen LogP contribution in [0.5, 0.6) is 0 Å². The number of methoxy groups -OCH3 is 1. The fourth-order valence-electron chi connectivity index (χ4n) is 2.12. The van der Waals surface area contributed by atoms with Crippen molar-refractivity contribution in [2.24, 2.45) is 0 Å². The maximum Gasteiger partial charge on any atom is 0.341 e. The second-order valence-corrected chi connectivity index (χ2v) is 5.06. The van der Waals surface area contributed by atoms with E-state index < -0.39 is 0 Å². The molecule has 0 aliphatic carbocycles. The summed E-state index contributed by atoms with van der Waals surface area (Å²) in [5, 5.41) is 11.7. The van der Waals surface area contributed by atoms with E-state index in [4.69, 9.17) is 4.74 Å². The van der Waals surface area contributed by atoms with Crippen molar-refractivity contribution in [1.29, 1.82) is 0 Å². The number of hydrogen-bond donors (Lipinski definition) is 1. The van der Waals surface area contributed by atoms with Gasteiger partial charge in [0.2, 0.25) is 0 Å². The number of hydrogen-bond acceptors (Lipinski definition) is 6. The predicted molar refractivity (Wildman–Crippen MR) is 66.0 cm³/mol. The lowest BCUT2D eigenvalue weighted by Crippen LogP contribution is -2.23. The van der Waals surface area contributed by atoms with Crippen molar-refractivity contribution in [1.82, 2.24) is 20.1 Å². The highest BCUT2D eigenvalue weighted by Crippen LogP contribution is 2.34. The number of esters is 1. The van der Waals surface area contributed by atoms with E-state index in [-0.39, 0.29) is 5.97 Å². The lowest BCUT2D eigenvalue weighted by Gasteiger charge is -2.13. The third-order valence-electron chi connectivity index (χ3n) is 2.95. The molecule has 0 radical (unpaired) electrons. The zero-order chi connectivity index (χ0) is 12.5. The molecule has 1 N–H and O–H groups in total. The van der Waals surface area contributed by atoms with E-state index in [2.05, 4.69) is 15.5 Å². The summed E-state index contributed by atoms with van der Waals surface area (Å²) in [5.41, 5.74) is 1.74. The summed E-state index contributed by atoms with van der Waals surface area (Å²) in [6.45, 7) is 1.68. The molecule has 0 saturated carbocycles. The van der Waals surface area contributed by atoms with Crippen LogP contribution in [0.3, 0.4) is 0 Å². The van der Waals surface area contributed by atoms with Crippen LogP contribution in [0.15, 0.2) is 12.7 Å². The summed E-state index contributed by atoms with van der Waals surface area (Å²) >= 11 is 1.58. The molecule has 7 heteroatoms. The van der Waals surface area contributed by atoms with Crippen molar-refractivity contribution in [3.05, 3.63) is 28.7 Å². The maximum atomic E-state index is 12.0. The molecule has 0 aromatic carbocycles.